The van der Waals surface area contributed by atoms with E-state index in [9.17, 15) is 13.2 Å². The third-order valence-corrected chi connectivity index (χ3v) is 7.03. The van der Waals surface area contributed by atoms with Gasteiger partial charge in [-0.15, -0.1) is 0 Å². The SMILES string of the molecule is CCn1c(=O)oc2cc(S(=O)(=O)N3c4ccccc4C[C@@H]3C)c(C)cc21. The molecule has 0 amide bonds. The van der Waals surface area contributed by atoms with Gasteiger partial charge in [0, 0.05) is 18.7 Å². The van der Waals surface area contributed by atoms with Gasteiger partial charge in [0.15, 0.2) is 5.58 Å². The van der Waals surface area contributed by atoms with E-state index in [4.69, 9.17) is 4.42 Å². The van der Waals surface area contributed by atoms with Crippen LogP contribution in [0, 0.1) is 6.92 Å². The monoisotopic (exact) mass is 372 g/mol. The fourth-order valence-electron chi connectivity index (χ4n) is 3.78. The molecule has 0 spiro atoms. The lowest BCUT2D eigenvalue weighted by atomic mass is 10.1. The molecule has 0 radical (unpaired) electrons. The maximum absolute atomic E-state index is 13.4. The van der Waals surface area contributed by atoms with Crippen molar-refractivity contribution >= 4 is 26.8 Å². The van der Waals surface area contributed by atoms with Crippen molar-refractivity contribution in [2.75, 3.05) is 4.31 Å². The minimum absolute atomic E-state index is 0.167. The fourth-order valence-corrected chi connectivity index (χ4v) is 5.70. The summed E-state index contributed by atoms with van der Waals surface area (Å²) < 4.78 is 35.1. The Morgan fingerprint density at radius 2 is 1.96 bits per heavy atom. The number of sulfonamides is 1. The molecule has 1 aromatic heterocycles. The molecule has 0 saturated carbocycles. The first kappa shape index (κ1) is 16.9. The van der Waals surface area contributed by atoms with Crippen molar-refractivity contribution in [3.8, 4) is 0 Å². The Labute approximate surface area is 151 Å². The van der Waals surface area contributed by atoms with Gasteiger partial charge in [0.2, 0.25) is 0 Å². The molecule has 3 aromatic rings. The van der Waals surface area contributed by atoms with Crippen molar-refractivity contribution in [2.45, 2.75) is 44.7 Å². The quantitative estimate of drug-likeness (QED) is 0.708. The van der Waals surface area contributed by atoms with Gasteiger partial charge in [-0.1, -0.05) is 18.2 Å². The van der Waals surface area contributed by atoms with Crippen molar-refractivity contribution in [1.82, 2.24) is 4.57 Å². The third kappa shape index (κ3) is 2.30. The average Bonchev–Trinajstić information content (AvgIpc) is 3.08. The van der Waals surface area contributed by atoms with Gasteiger partial charge in [0.05, 0.1) is 16.1 Å². The van der Waals surface area contributed by atoms with Crippen LogP contribution in [0.3, 0.4) is 0 Å². The second kappa shape index (κ2) is 5.74. The first-order valence-corrected chi connectivity index (χ1v) is 10.0. The van der Waals surface area contributed by atoms with Gasteiger partial charge in [-0.25, -0.2) is 13.2 Å². The third-order valence-electron chi connectivity index (χ3n) is 4.96. The van der Waals surface area contributed by atoms with Gasteiger partial charge < -0.3 is 4.42 Å². The Bertz CT molecular complexity index is 1170. The molecule has 0 aliphatic carbocycles. The van der Waals surface area contributed by atoms with Gasteiger partial charge in [0.1, 0.15) is 0 Å². The molecule has 1 atom stereocenters. The standard InChI is InChI=1S/C19H20N2O4S/c1-4-20-16-9-12(2)18(11-17(16)25-19(20)22)26(23,24)21-13(3)10-14-7-5-6-8-15(14)21/h5-9,11,13H,4,10H2,1-3H3/t13-/m0/s1. The summed E-state index contributed by atoms with van der Waals surface area (Å²) in [4.78, 5) is 12.1. The summed E-state index contributed by atoms with van der Waals surface area (Å²) in [5, 5.41) is 0. The summed E-state index contributed by atoms with van der Waals surface area (Å²) in [5.74, 6) is -0.476. The summed E-state index contributed by atoms with van der Waals surface area (Å²) in [6, 6.07) is 10.6. The van der Waals surface area contributed by atoms with Crippen LogP contribution in [0.2, 0.25) is 0 Å². The van der Waals surface area contributed by atoms with Crippen molar-refractivity contribution in [3.05, 3.63) is 58.1 Å². The Balaban J connectivity index is 1.92. The Hall–Kier alpha value is -2.54. The molecule has 0 fully saturated rings. The zero-order chi connectivity index (χ0) is 18.6. The largest absolute Gasteiger partial charge is 0.419 e. The van der Waals surface area contributed by atoms with Gasteiger partial charge in [-0.05, 0) is 50.5 Å². The number of aromatic nitrogens is 1. The highest BCUT2D eigenvalue weighted by atomic mass is 32.2. The summed E-state index contributed by atoms with van der Waals surface area (Å²) >= 11 is 0. The maximum Gasteiger partial charge on any atom is 0.419 e. The molecule has 136 valence electrons. The maximum atomic E-state index is 13.4. The molecule has 2 heterocycles. The smallest absolute Gasteiger partial charge is 0.408 e. The number of nitrogens with zero attached hydrogens (tertiary/aromatic N) is 2. The predicted molar refractivity (Wildman–Crippen MR) is 100 cm³/mol. The Morgan fingerprint density at radius 1 is 1.23 bits per heavy atom. The van der Waals surface area contributed by atoms with E-state index in [1.807, 2.05) is 38.1 Å². The molecular weight excluding hydrogens is 352 g/mol. The lowest BCUT2D eigenvalue weighted by molar-refractivity contribution is 0.512. The van der Waals surface area contributed by atoms with E-state index in [1.165, 1.54) is 14.9 Å². The number of hydrogen-bond acceptors (Lipinski definition) is 4. The van der Waals surface area contributed by atoms with Crippen LogP contribution in [0.4, 0.5) is 5.69 Å². The van der Waals surface area contributed by atoms with Crippen LogP contribution >= 0.6 is 0 Å². The molecule has 1 aliphatic heterocycles. The second-order valence-electron chi connectivity index (χ2n) is 6.68. The summed E-state index contributed by atoms with van der Waals surface area (Å²) in [6.07, 6.45) is 0.679. The number of oxazole rings is 1. The van der Waals surface area contributed by atoms with Crippen LogP contribution in [0.1, 0.15) is 25.0 Å². The molecule has 0 N–H and O–H groups in total. The zero-order valence-corrected chi connectivity index (χ0v) is 15.7. The normalized spacial score (nSPS) is 17.0. The van der Waals surface area contributed by atoms with Gasteiger partial charge in [-0.2, -0.15) is 0 Å². The number of aryl methyl sites for hydroxylation is 2. The molecule has 0 bridgehead atoms. The van der Waals surface area contributed by atoms with Crippen LogP contribution in [-0.2, 0) is 23.0 Å². The highest BCUT2D eigenvalue weighted by Crippen LogP contribution is 2.37. The lowest BCUT2D eigenvalue weighted by Crippen LogP contribution is -2.36. The number of para-hydroxylation sites is 1. The van der Waals surface area contributed by atoms with E-state index in [2.05, 4.69) is 0 Å². The topological polar surface area (TPSA) is 72.5 Å². The Morgan fingerprint density at radius 3 is 2.69 bits per heavy atom. The second-order valence-corrected chi connectivity index (χ2v) is 8.46. The number of rotatable bonds is 3. The predicted octanol–water partition coefficient (Wildman–Crippen LogP) is 3.06. The molecule has 0 unspecified atom stereocenters. The molecular formula is C19H20N2O4S. The summed E-state index contributed by atoms with van der Waals surface area (Å²) in [7, 11) is -3.77. The molecule has 0 saturated heterocycles. The molecule has 2 aromatic carbocycles. The van der Waals surface area contributed by atoms with Crippen molar-refractivity contribution < 1.29 is 12.8 Å². The van der Waals surface area contributed by atoms with Crippen molar-refractivity contribution in [1.29, 1.82) is 0 Å². The molecule has 4 rings (SSSR count). The Kier molecular flexibility index (Phi) is 3.73. The van der Waals surface area contributed by atoms with Crippen LogP contribution in [0.5, 0.6) is 0 Å². The van der Waals surface area contributed by atoms with Crippen LogP contribution in [0.15, 0.2) is 50.5 Å². The first-order valence-electron chi connectivity index (χ1n) is 8.61. The van der Waals surface area contributed by atoms with E-state index in [0.717, 1.165) is 5.56 Å². The minimum atomic E-state index is -3.77. The molecule has 7 heteroatoms. The van der Waals surface area contributed by atoms with Crippen LogP contribution < -0.4 is 10.1 Å². The van der Waals surface area contributed by atoms with E-state index >= 15 is 0 Å². The molecule has 1 aliphatic rings. The average molecular weight is 372 g/mol. The van der Waals surface area contributed by atoms with Gasteiger partial charge in [0.25, 0.3) is 10.0 Å². The van der Waals surface area contributed by atoms with E-state index in [0.29, 0.717) is 35.3 Å². The summed E-state index contributed by atoms with van der Waals surface area (Å²) in [5.41, 5.74) is 3.24. The van der Waals surface area contributed by atoms with Gasteiger partial charge in [-0.3, -0.25) is 8.87 Å². The number of hydrogen-bond donors (Lipinski definition) is 0. The summed E-state index contributed by atoms with van der Waals surface area (Å²) in [6.45, 7) is 5.96. The first-order chi connectivity index (χ1) is 12.3. The number of fused-ring (bicyclic) bond motifs is 2. The van der Waals surface area contributed by atoms with Crippen molar-refractivity contribution in [3.63, 3.8) is 0 Å². The van der Waals surface area contributed by atoms with Crippen LogP contribution in [0.25, 0.3) is 11.1 Å². The lowest BCUT2D eigenvalue weighted by Gasteiger charge is -2.25. The van der Waals surface area contributed by atoms with Crippen molar-refractivity contribution in [2.24, 2.45) is 0 Å². The van der Waals surface area contributed by atoms with E-state index in [1.54, 1.807) is 13.0 Å². The zero-order valence-electron chi connectivity index (χ0n) is 14.9. The molecule has 6 nitrogen and oxygen atoms in total. The molecule has 26 heavy (non-hydrogen) atoms. The van der Waals surface area contributed by atoms with Crippen LogP contribution in [-0.4, -0.2) is 19.0 Å². The van der Waals surface area contributed by atoms with E-state index < -0.39 is 15.8 Å². The number of anilines is 1. The van der Waals surface area contributed by atoms with Gasteiger partial charge >= 0.3 is 5.76 Å². The van der Waals surface area contributed by atoms with E-state index in [-0.39, 0.29) is 10.9 Å². The fraction of sp³-hybridized carbons (Fsp3) is 0.316. The highest BCUT2D eigenvalue weighted by molar-refractivity contribution is 7.93. The minimum Gasteiger partial charge on any atom is -0.408 e. The number of benzene rings is 2. The highest BCUT2D eigenvalue weighted by Gasteiger charge is 2.37.